The van der Waals surface area contributed by atoms with Crippen molar-refractivity contribution in [2.75, 3.05) is 76.6 Å². The van der Waals surface area contributed by atoms with E-state index in [-0.39, 0.29) is 29.6 Å². The highest BCUT2D eigenvalue weighted by atomic mass is 16.7. The van der Waals surface area contributed by atoms with Crippen LogP contribution in [0.2, 0.25) is 0 Å². The van der Waals surface area contributed by atoms with Crippen LogP contribution in [0.15, 0.2) is 0 Å². The van der Waals surface area contributed by atoms with Crippen LogP contribution in [0.1, 0.15) is 53.4 Å². The molecule has 2 fully saturated rings. The SMILES string of the molecule is CC(=O)CC(C)=O.CC(=O)CCCC(C)=O.CN(C)CN(C)C.CNCNC.COCOC.O=C1OC(=O)C12C(=O)OC2=O. The Morgan fingerprint density at radius 3 is 1.05 bits per heavy atom. The predicted octanol–water partition coefficient (Wildman–Crippen LogP) is -0.285. The third-order valence-electron chi connectivity index (χ3n) is 4.31. The molecule has 2 aliphatic rings. The van der Waals surface area contributed by atoms with Gasteiger partial charge >= 0.3 is 29.3 Å². The first-order valence-electron chi connectivity index (χ1n) is 13.4. The van der Waals surface area contributed by atoms with Crippen molar-refractivity contribution in [1.82, 2.24) is 20.4 Å². The average Bonchev–Trinajstić information content (AvgIpc) is 2.84. The van der Waals surface area contributed by atoms with Crippen molar-refractivity contribution in [3.8, 4) is 0 Å². The molecule has 2 aliphatic heterocycles. The number of hydrogen-bond donors (Lipinski definition) is 2. The van der Waals surface area contributed by atoms with Gasteiger partial charge in [-0.25, -0.2) is 19.2 Å². The molecule has 0 bridgehead atoms. The highest BCUT2D eigenvalue weighted by molar-refractivity contribution is 6.46. The van der Waals surface area contributed by atoms with Gasteiger partial charge in [-0.05, 0) is 76.4 Å². The third kappa shape index (κ3) is 25.2. The molecule has 44 heavy (non-hydrogen) atoms. The molecule has 0 saturated carbocycles. The van der Waals surface area contributed by atoms with Crippen molar-refractivity contribution < 1.29 is 57.3 Å². The Labute approximate surface area is 260 Å². The zero-order valence-electron chi connectivity index (χ0n) is 28.2. The third-order valence-corrected chi connectivity index (χ3v) is 4.31. The first-order valence-corrected chi connectivity index (χ1v) is 13.4. The molecular formula is C28H52N4O12. The van der Waals surface area contributed by atoms with Crippen LogP contribution < -0.4 is 10.6 Å². The highest BCUT2D eigenvalue weighted by Crippen LogP contribution is 2.40. The maximum atomic E-state index is 10.5. The minimum Gasteiger partial charge on any atom is -0.390 e. The number of nitrogens with zero attached hydrogens (tertiary/aromatic N) is 2. The molecule has 0 aliphatic carbocycles. The number of methoxy groups -OCH3 is 2. The van der Waals surface area contributed by atoms with Crippen molar-refractivity contribution in [2.45, 2.75) is 53.4 Å². The van der Waals surface area contributed by atoms with Gasteiger partial charge in [0.25, 0.3) is 0 Å². The van der Waals surface area contributed by atoms with Crippen molar-refractivity contribution in [3.63, 3.8) is 0 Å². The number of carbonyl (C=O) groups excluding carboxylic acids is 8. The summed E-state index contributed by atoms with van der Waals surface area (Å²) in [5.74, 6) is -4.34. The Morgan fingerprint density at radius 1 is 0.659 bits per heavy atom. The molecule has 0 amide bonds. The largest absolute Gasteiger partial charge is 0.390 e. The Bertz CT molecular complexity index is 815. The van der Waals surface area contributed by atoms with E-state index in [1.165, 1.54) is 13.8 Å². The lowest BCUT2D eigenvalue weighted by Gasteiger charge is -2.36. The molecule has 0 atom stereocenters. The second-order valence-corrected chi connectivity index (χ2v) is 9.82. The zero-order valence-corrected chi connectivity index (χ0v) is 28.2. The molecule has 0 aromatic carbocycles. The van der Waals surface area contributed by atoms with Gasteiger partial charge in [-0.3, -0.25) is 19.4 Å². The lowest BCUT2D eigenvalue weighted by Crippen LogP contribution is -2.71. The van der Waals surface area contributed by atoms with Gasteiger partial charge in [0.05, 0.1) is 6.42 Å². The van der Waals surface area contributed by atoms with Gasteiger partial charge in [0.2, 0.25) is 0 Å². The van der Waals surface area contributed by atoms with E-state index in [4.69, 9.17) is 0 Å². The molecule has 16 heteroatoms. The number of nitrogens with one attached hydrogen (secondary N) is 2. The van der Waals surface area contributed by atoms with E-state index in [0.717, 1.165) is 13.3 Å². The van der Waals surface area contributed by atoms with Crippen molar-refractivity contribution in [2.24, 2.45) is 5.41 Å². The van der Waals surface area contributed by atoms with Crippen LogP contribution in [0.4, 0.5) is 0 Å². The van der Waals surface area contributed by atoms with Crippen LogP contribution in [0.5, 0.6) is 0 Å². The molecule has 256 valence electrons. The average molecular weight is 637 g/mol. The molecule has 2 saturated heterocycles. The summed E-state index contributed by atoms with van der Waals surface area (Å²) in [6.07, 6.45) is 1.88. The number of hydrogen-bond acceptors (Lipinski definition) is 16. The summed E-state index contributed by atoms with van der Waals surface area (Å²) in [5, 5.41) is 5.81. The first-order chi connectivity index (χ1) is 20.3. The topological polar surface area (TPSA) is 204 Å². The number of ether oxygens (including phenoxy) is 4. The fourth-order valence-corrected chi connectivity index (χ4v) is 2.68. The molecule has 2 N–H and O–H groups in total. The number of esters is 4. The van der Waals surface area contributed by atoms with Crippen molar-refractivity contribution in [3.05, 3.63) is 0 Å². The number of rotatable bonds is 12. The Morgan fingerprint density at radius 2 is 0.977 bits per heavy atom. The van der Waals surface area contributed by atoms with Crippen LogP contribution in [-0.4, -0.2) is 133 Å². The number of ketones is 4. The minimum absolute atomic E-state index is 0.0625. The van der Waals surface area contributed by atoms with Crippen LogP contribution in [0.3, 0.4) is 0 Å². The Hall–Kier alpha value is -3.28. The van der Waals surface area contributed by atoms with Gasteiger partial charge in [-0.2, -0.15) is 0 Å². The predicted molar refractivity (Wildman–Crippen MR) is 160 cm³/mol. The summed E-state index contributed by atoms with van der Waals surface area (Å²) in [4.78, 5) is 86.9. The second kappa shape index (κ2) is 28.5. The maximum absolute atomic E-state index is 10.5. The summed E-state index contributed by atoms with van der Waals surface area (Å²) >= 11 is 0. The monoisotopic (exact) mass is 636 g/mol. The van der Waals surface area contributed by atoms with Crippen LogP contribution >= 0.6 is 0 Å². The fourth-order valence-electron chi connectivity index (χ4n) is 2.68. The highest BCUT2D eigenvalue weighted by Gasteiger charge is 2.80. The van der Waals surface area contributed by atoms with E-state index in [9.17, 15) is 38.4 Å². The van der Waals surface area contributed by atoms with E-state index in [1.807, 2.05) is 14.1 Å². The maximum Gasteiger partial charge on any atom is 0.357 e. The van der Waals surface area contributed by atoms with Gasteiger partial charge in [-0.1, -0.05) is 0 Å². The Balaban J connectivity index is -0.000000224. The van der Waals surface area contributed by atoms with Crippen LogP contribution in [-0.2, 0) is 57.3 Å². The minimum atomic E-state index is -2.22. The van der Waals surface area contributed by atoms with Gasteiger partial charge in [0.1, 0.15) is 29.9 Å². The molecule has 0 aromatic heterocycles. The molecule has 16 nitrogen and oxygen atoms in total. The lowest BCUT2D eigenvalue weighted by molar-refractivity contribution is -0.223. The first kappa shape index (κ1) is 47.6. The summed E-state index contributed by atoms with van der Waals surface area (Å²) in [6, 6.07) is 0. The zero-order chi connectivity index (χ0) is 35.5. The molecule has 2 rings (SSSR count). The number of carbonyl (C=O) groups is 8. The van der Waals surface area contributed by atoms with Gasteiger partial charge in [0, 0.05) is 40.4 Å². The van der Waals surface area contributed by atoms with E-state index in [1.54, 1.807) is 28.1 Å². The van der Waals surface area contributed by atoms with Gasteiger partial charge < -0.3 is 39.2 Å². The molecule has 0 aromatic rings. The van der Waals surface area contributed by atoms with Gasteiger partial charge in [0.15, 0.2) is 0 Å². The quantitative estimate of drug-likeness (QED) is 0.160. The van der Waals surface area contributed by atoms with Crippen molar-refractivity contribution >= 4 is 47.0 Å². The molecule has 2 heterocycles. The Kier molecular flexibility index (Phi) is 30.8. The van der Waals surface area contributed by atoms with Gasteiger partial charge in [-0.15, -0.1) is 0 Å². The number of cyclic esters (lactones) is 4. The smallest absolute Gasteiger partial charge is 0.357 e. The van der Waals surface area contributed by atoms with E-state index in [0.29, 0.717) is 26.1 Å². The molecule has 0 unspecified atom stereocenters. The molecule has 1 spiro atoms. The standard InChI is InChI=1S/C7H12O2.C5H14N2.C5O6.C5H8O2.C3H10N2.C3H8O2/c1-6(8)4-3-5-7(2)9;1-6(2)5-7(3)4;6-1-5(2(7)10-1)3(8)11-4(5)9;1-4(6)3-5(2)7;2*1-4-3-5-2/h3-5H2,1-2H3;5H2,1-4H3;;3H2,1-2H3;4-5H,3H2,1-2H3;3H2,1-2H3. The van der Waals surface area contributed by atoms with E-state index < -0.39 is 29.3 Å². The van der Waals surface area contributed by atoms with Crippen LogP contribution in [0.25, 0.3) is 0 Å². The van der Waals surface area contributed by atoms with Crippen LogP contribution in [0, 0.1) is 5.41 Å². The summed E-state index contributed by atoms with van der Waals surface area (Å²) in [7, 11) is 15.2. The fraction of sp³-hybridized carbons (Fsp3) is 0.714. The molecular weight excluding hydrogens is 584 g/mol. The summed E-state index contributed by atoms with van der Waals surface area (Å²) < 4.78 is 16.6. The van der Waals surface area contributed by atoms with E-state index >= 15 is 0 Å². The summed E-state index contributed by atoms with van der Waals surface area (Å²) in [6.45, 7) is 8.20. The number of Topliss-reactive ketones (excluding diaryl/α,β-unsaturated/α-hetero) is 4. The van der Waals surface area contributed by atoms with Crippen molar-refractivity contribution in [1.29, 1.82) is 0 Å². The molecule has 0 radical (unpaired) electrons. The summed E-state index contributed by atoms with van der Waals surface area (Å²) in [5.41, 5.74) is -2.22. The van der Waals surface area contributed by atoms with E-state index in [2.05, 4.69) is 67.6 Å². The second-order valence-electron chi connectivity index (χ2n) is 9.82. The lowest BCUT2D eigenvalue weighted by atomic mass is 9.80. The normalized spacial score (nSPS) is 13.2.